The van der Waals surface area contributed by atoms with Gasteiger partial charge in [-0.25, -0.2) is 0 Å². The van der Waals surface area contributed by atoms with Crippen LogP contribution in [-0.4, -0.2) is 17.6 Å². The molecule has 0 saturated heterocycles. The van der Waals surface area contributed by atoms with E-state index in [4.69, 9.17) is 4.74 Å². The van der Waals surface area contributed by atoms with Crippen molar-refractivity contribution in [1.82, 2.24) is 4.98 Å². The van der Waals surface area contributed by atoms with Gasteiger partial charge in [-0.1, -0.05) is 13.8 Å². The molecule has 0 amide bonds. The molecule has 0 bridgehead atoms. The number of nitrogens with zero attached hydrogens (tertiary/aromatic N) is 1. The fourth-order valence-corrected chi connectivity index (χ4v) is 2.76. The fraction of sp³-hybridized carbons (Fsp3) is 0.538. The Balaban J connectivity index is 2.41. The summed E-state index contributed by atoms with van der Waals surface area (Å²) in [5, 5.41) is 0. The van der Waals surface area contributed by atoms with E-state index in [-0.39, 0.29) is 17.3 Å². The van der Waals surface area contributed by atoms with Crippen molar-refractivity contribution in [2.45, 2.75) is 38.5 Å². The van der Waals surface area contributed by atoms with Gasteiger partial charge in [-0.15, -0.1) is 0 Å². The van der Waals surface area contributed by atoms with E-state index in [0.717, 1.165) is 22.2 Å². The van der Waals surface area contributed by atoms with Crippen LogP contribution in [0.3, 0.4) is 0 Å². The van der Waals surface area contributed by atoms with Crippen molar-refractivity contribution in [3.63, 3.8) is 0 Å². The second-order valence-electron chi connectivity index (χ2n) is 4.98. The third-order valence-corrected chi connectivity index (χ3v) is 3.66. The molecule has 2 rings (SSSR count). The van der Waals surface area contributed by atoms with Gasteiger partial charge >= 0.3 is 5.97 Å². The van der Waals surface area contributed by atoms with Gasteiger partial charge in [0.2, 0.25) is 0 Å². The molecule has 1 heterocycles. The maximum atomic E-state index is 11.9. The van der Waals surface area contributed by atoms with E-state index < -0.39 is 0 Å². The molecule has 0 radical (unpaired) electrons. The van der Waals surface area contributed by atoms with Gasteiger partial charge in [-0.2, -0.15) is 0 Å². The van der Waals surface area contributed by atoms with Crippen molar-refractivity contribution in [3.05, 3.63) is 28.0 Å². The van der Waals surface area contributed by atoms with Crippen LogP contribution in [0, 0.1) is 0 Å². The number of carbonyl (C=O) groups excluding carboxylic acids is 1. The average Bonchev–Trinajstić information content (AvgIpc) is 2.51. The molecule has 0 fully saturated rings. The molecule has 3 nitrogen and oxygen atoms in total. The van der Waals surface area contributed by atoms with Crippen LogP contribution >= 0.6 is 15.9 Å². The van der Waals surface area contributed by atoms with Gasteiger partial charge in [-0.3, -0.25) is 9.78 Å². The molecule has 1 aliphatic rings. The second kappa shape index (κ2) is 4.41. The molecule has 4 heteroatoms. The third-order valence-electron chi connectivity index (χ3n) is 3.23. The Morgan fingerprint density at radius 1 is 1.65 bits per heavy atom. The van der Waals surface area contributed by atoms with Crippen LogP contribution in [0.1, 0.15) is 44.4 Å². The first-order valence-electron chi connectivity index (χ1n) is 5.78. The number of hydrogen-bond donors (Lipinski definition) is 0. The molecule has 0 N–H and O–H groups in total. The Morgan fingerprint density at radius 3 is 3.00 bits per heavy atom. The number of hydrogen-bond acceptors (Lipinski definition) is 3. The first-order chi connectivity index (χ1) is 7.95. The zero-order chi connectivity index (χ0) is 12.6. The van der Waals surface area contributed by atoms with Gasteiger partial charge in [0, 0.05) is 10.7 Å². The molecular formula is C13H16BrNO2. The van der Waals surface area contributed by atoms with Crippen LogP contribution in [-0.2, 0) is 14.9 Å². The lowest BCUT2D eigenvalue weighted by Gasteiger charge is -2.18. The molecule has 1 aliphatic carbocycles. The van der Waals surface area contributed by atoms with Crippen LogP contribution in [0.25, 0.3) is 0 Å². The molecule has 1 unspecified atom stereocenters. The molecule has 0 spiro atoms. The van der Waals surface area contributed by atoms with Gasteiger partial charge in [-0.05, 0) is 46.3 Å². The number of esters is 1. The molecule has 17 heavy (non-hydrogen) atoms. The predicted molar refractivity (Wildman–Crippen MR) is 69.0 cm³/mol. The van der Waals surface area contributed by atoms with E-state index >= 15 is 0 Å². The van der Waals surface area contributed by atoms with Crippen molar-refractivity contribution in [1.29, 1.82) is 0 Å². The molecule has 1 aromatic heterocycles. The molecule has 0 saturated carbocycles. The number of aromatic nitrogens is 1. The SMILES string of the molecule is CCOC(=O)C1CC(C)(C)c2cc(Br)cnc21. The first kappa shape index (κ1) is 12.6. The molecule has 92 valence electrons. The largest absolute Gasteiger partial charge is 0.465 e. The standard InChI is InChI=1S/C13H16BrNO2/c1-4-17-12(16)9-6-13(2,3)10-5-8(14)7-15-11(9)10/h5,7,9H,4,6H2,1-3H3. The monoisotopic (exact) mass is 297 g/mol. The van der Waals surface area contributed by atoms with Crippen LogP contribution in [0.4, 0.5) is 0 Å². The van der Waals surface area contributed by atoms with E-state index in [9.17, 15) is 4.79 Å². The van der Waals surface area contributed by atoms with E-state index in [2.05, 4.69) is 40.8 Å². The summed E-state index contributed by atoms with van der Waals surface area (Å²) >= 11 is 3.43. The van der Waals surface area contributed by atoms with Gasteiger partial charge < -0.3 is 4.74 Å². The Kier molecular flexibility index (Phi) is 3.25. The smallest absolute Gasteiger partial charge is 0.315 e. The number of halogens is 1. The Labute approximate surface area is 110 Å². The minimum Gasteiger partial charge on any atom is -0.465 e. The Hall–Kier alpha value is -0.900. The van der Waals surface area contributed by atoms with E-state index in [1.165, 1.54) is 0 Å². The van der Waals surface area contributed by atoms with Crippen molar-refractivity contribution >= 4 is 21.9 Å². The van der Waals surface area contributed by atoms with Gasteiger partial charge in [0.15, 0.2) is 0 Å². The average molecular weight is 298 g/mol. The summed E-state index contributed by atoms with van der Waals surface area (Å²) in [5.41, 5.74) is 1.99. The summed E-state index contributed by atoms with van der Waals surface area (Å²) in [6.45, 7) is 6.52. The van der Waals surface area contributed by atoms with E-state index in [1.54, 1.807) is 6.20 Å². The third kappa shape index (κ3) is 2.23. The zero-order valence-electron chi connectivity index (χ0n) is 10.3. The molecule has 0 aliphatic heterocycles. The molecule has 1 atom stereocenters. The topological polar surface area (TPSA) is 39.2 Å². The highest BCUT2D eigenvalue weighted by Crippen LogP contribution is 2.45. The van der Waals surface area contributed by atoms with Crippen LogP contribution in [0.5, 0.6) is 0 Å². The molecule has 0 aromatic carbocycles. The number of pyridine rings is 1. The summed E-state index contributed by atoms with van der Waals surface area (Å²) in [5.74, 6) is -0.373. The second-order valence-corrected chi connectivity index (χ2v) is 5.89. The number of carbonyl (C=O) groups is 1. The Morgan fingerprint density at radius 2 is 2.35 bits per heavy atom. The maximum absolute atomic E-state index is 11.9. The lowest BCUT2D eigenvalue weighted by atomic mass is 9.86. The summed E-state index contributed by atoms with van der Waals surface area (Å²) in [6, 6.07) is 2.06. The van der Waals surface area contributed by atoms with Crippen LogP contribution < -0.4 is 0 Å². The van der Waals surface area contributed by atoms with Gasteiger partial charge in [0.05, 0.1) is 12.3 Å². The predicted octanol–water partition coefficient (Wildman–Crippen LogP) is 3.17. The highest BCUT2D eigenvalue weighted by molar-refractivity contribution is 9.10. The summed E-state index contributed by atoms with van der Waals surface area (Å²) < 4.78 is 6.07. The highest BCUT2D eigenvalue weighted by atomic mass is 79.9. The molecular weight excluding hydrogens is 282 g/mol. The van der Waals surface area contributed by atoms with Crippen molar-refractivity contribution in [3.8, 4) is 0 Å². The van der Waals surface area contributed by atoms with Crippen LogP contribution in [0.2, 0.25) is 0 Å². The number of ether oxygens (including phenoxy) is 1. The van der Waals surface area contributed by atoms with Crippen molar-refractivity contribution < 1.29 is 9.53 Å². The summed E-state index contributed by atoms with van der Waals surface area (Å²) in [7, 11) is 0. The lowest BCUT2D eigenvalue weighted by molar-refractivity contribution is -0.145. The first-order valence-corrected chi connectivity index (χ1v) is 6.57. The van der Waals surface area contributed by atoms with Crippen molar-refractivity contribution in [2.75, 3.05) is 6.61 Å². The minimum atomic E-state index is -0.215. The Bertz CT molecular complexity index is 457. The number of rotatable bonds is 2. The van der Waals surface area contributed by atoms with Crippen LogP contribution in [0.15, 0.2) is 16.7 Å². The van der Waals surface area contributed by atoms with Gasteiger partial charge in [0.1, 0.15) is 5.92 Å². The van der Waals surface area contributed by atoms with E-state index in [0.29, 0.717) is 6.61 Å². The van der Waals surface area contributed by atoms with E-state index in [1.807, 2.05) is 6.92 Å². The van der Waals surface area contributed by atoms with Crippen molar-refractivity contribution in [2.24, 2.45) is 0 Å². The molecule has 1 aromatic rings. The van der Waals surface area contributed by atoms with Gasteiger partial charge in [0.25, 0.3) is 0 Å². The fourth-order valence-electron chi connectivity index (χ4n) is 2.42. The summed E-state index contributed by atoms with van der Waals surface area (Å²) in [4.78, 5) is 16.3. The quantitative estimate of drug-likeness (QED) is 0.787. The zero-order valence-corrected chi connectivity index (χ0v) is 11.9. The number of fused-ring (bicyclic) bond motifs is 1. The summed E-state index contributed by atoms with van der Waals surface area (Å²) in [6.07, 6.45) is 2.51. The minimum absolute atomic E-state index is 0.0243. The maximum Gasteiger partial charge on any atom is 0.315 e. The highest BCUT2D eigenvalue weighted by Gasteiger charge is 2.42. The lowest BCUT2D eigenvalue weighted by Crippen LogP contribution is -2.17. The normalized spacial score (nSPS) is 21.1.